The van der Waals surface area contributed by atoms with Crippen molar-refractivity contribution >= 4 is 29.9 Å². The third-order valence-electron chi connectivity index (χ3n) is 4.09. The van der Waals surface area contributed by atoms with Gasteiger partial charge in [-0.25, -0.2) is 4.68 Å². The van der Waals surface area contributed by atoms with Crippen LogP contribution in [-0.2, 0) is 13.1 Å². The quantitative estimate of drug-likeness (QED) is 0.324. The molecular formula is C19H26IN7. The maximum atomic E-state index is 4.60. The predicted molar refractivity (Wildman–Crippen MR) is 119 cm³/mol. The van der Waals surface area contributed by atoms with Crippen LogP contribution in [0, 0.1) is 13.8 Å². The average molecular weight is 479 g/mol. The maximum Gasteiger partial charge on any atom is 0.191 e. The van der Waals surface area contributed by atoms with Gasteiger partial charge < -0.3 is 10.6 Å². The first-order valence-corrected chi connectivity index (χ1v) is 8.71. The lowest BCUT2D eigenvalue weighted by Crippen LogP contribution is -2.38. The first-order valence-electron chi connectivity index (χ1n) is 8.71. The Balaban J connectivity index is 0.00000261. The third kappa shape index (κ3) is 5.56. The maximum absolute atomic E-state index is 4.60. The molecule has 0 spiro atoms. The van der Waals surface area contributed by atoms with Crippen LogP contribution in [0.2, 0.25) is 0 Å². The molecule has 0 aliphatic carbocycles. The molecule has 2 N–H and O–H groups in total. The fourth-order valence-corrected chi connectivity index (χ4v) is 2.86. The monoisotopic (exact) mass is 479 g/mol. The zero-order chi connectivity index (χ0) is 18.4. The molecule has 7 nitrogen and oxygen atoms in total. The number of aromatic nitrogens is 4. The van der Waals surface area contributed by atoms with Crippen molar-refractivity contribution in [3.63, 3.8) is 0 Å². The van der Waals surface area contributed by atoms with E-state index in [1.54, 1.807) is 13.2 Å². The Morgan fingerprint density at radius 1 is 1.15 bits per heavy atom. The molecule has 0 unspecified atom stereocenters. The summed E-state index contributed by atoms with van der Waals surface area (Å²) >= 11 is 0. The molecule has 0 saturated carbocycles. The number of halogens is 1. The van der Waals surface area contributed by atoms with Crippen molar-refractivity contribution in [3.05, 3.63) is 65.7 Å². The highest BCUT2D eigenvalue weighted by molar-refractivity contribution is 14.0. The highest BCUT2D eigenvalue weighted by Crippen LogP contribution is 2.16. The Labute approximate surface area is 176 Å². The van der Waals surface area contributed by atoms with Crippen LogP contribution in [0.5, 0.6) is 0 Å². The van der Waals surface area contributed by atoms with E-state index in [1.165, 1.54) is 0 Å². The van der Waals surface area contributed by atoms with Crippen molar-refractivity contribution in [2.45, 2.75) is 26.9 Å². The van der Waals surface area contributed by atoms with Gasteiger partial charge in [-0.2, -0.15) is 10.2 Å². The molecule has 1 aromatic carbocycles. The number of nitrogens with zero attached hydrogens (tertiary/aromatic N) is 5. The summed E-state index contributed by atoms with van der Waals surface area (Å²) in [4.78, 5) is 4.29. The second kappa shape index (κ2) is 10.1. The van der Waals surface area contributed by atoms with Gasteiger partial charge in [-0.05, 0) is 37.6 Å². The molecule has 2 heterocycles. The molecule has 0 aliphatic rings. The number of benzene rings is 1. The molecule has 3 rings (SSSR count). The number of aliphatic imine (C=N–C) groups is 1. The minimum absolute atomic E-state index is 0. The lowest BCUT2D eigenvalue weighted by Gasteiger charge is -2.15. The van der Waals surface area contributed by atoms with Crippen molar-refractivity contribution < 1.29 is 0 Å². The second-order valence-electron chi connectivity index (χ2n) is 6.09. The van der Waals surface area contributed by atoms with Gasteiger partial charge in [0, 0.05) is 38.2 Å². The highest BCUT2D eigenvalue weighted by Gasteiger charge is 2.09. The van der Waals surface area contributed by atoms with Gasteiger partial charge in [0.2, 0.25) is 0 Å². The van der Waals surface area contributed by atoms with E-state index in [4.69, 9.17) is 0 Å². The molecular weight excluding hydrogens is 453 g/mol. The van der Waals surface area contributed by atoms with E-state index in [0.717, 1.165) is 41.7 Å². The molecule has 0 aliphatic heterocycles. The Morgan fingerprint density at radius 2 is 1.96 bits per heavy atom. The number of hydrogen-bond donors (Lipinski definition) is 2. The summed E-state index contributed by atoms with van der Waals surface area (Å²) < 4.78 is 3.87. The standard InChI is InChI=1S/C19H25N7.HI/c1-15-13-16(2)26(24-15)18-8-5-4-7-17(18)14-22-19(20-3)21-10-12-25-11-6-9-23-25;/h4-9,11,13H,10,12,14H2,1-3H3,(H2,20,21,22);1H. The Kier molecular flexibility index (Phi) is 7.83. The van der Waals surface area contributed by atoms with Crippen LogP contribution >= 0.6 is 24.0 Å². The van der Waals surface area contributed by atoms with Crippen molar-refractivity contribution in [2.24, 2.45) is 4.99 Å². The average Bonchev–Trinajstić information content (AvgIpc) is 3.27. The summed E-state index contributed by atoms with van der Waals surface area (Å²) in [6.07, 6.45) is 3.73. The van der Waals surface area contributed by atoms with Crippen molar-refractivity contribution in [1.29, 1.82) is 0 Å². The number of guanidine groups is 1. The van der Waals surface area contributed by atoms with Gasteiger partial charge in [-0.1, -0.05) is 18.2 Å². The number of hydrogen-bond acceptors (Lipinski definition) is 3. The minimum atomic E-state index is 0. The van der Waals surface area contributed by atoms with E-state index in [1.807, 2.05) is 40.7 Å². The Morgan fingerprint density at radius 3 is 2.63 bits per heavy atom. The first-order chi connectivity index (χ1) is 12.7. The van der Waals surface area contributed by atoms with Crippen LogP contribution in [0.4, 0.5) is 0 Å². The normalized spacial score (nSPS) is 11.1. The molecule has 0 bridgehead atoms. The van der Waals surface area contributed by atoms with E-state index >= 15 is 0 Å². The zero-order valence-electron chi connectivity index (χ0n) is 15.9. The minimum Gasteiger partial charge on any atom is -0.355 e. The van der Waals surface area contributed by atoms with E-state index in [0.29, 0.717) is 6.54 Å². The molecule has 0 radical (unpaired) electrons. The summed E-state index contributed by atoms with van der Waals surface area (Å²) in [6.45, 7) is 6.28. The van der Waals surface area contributed by atoms with Crippen LogP contribution in [-0.4, -0.2) is 39.1 Å². The van der Waals surface area contributed by atoms with Crippen LogP contribution < -0.4 is 10.6 Å². The second-order valence-corrected chi connectivity index (χ2v) is 6.09. The summed E-state index contributed by atoms with van der Waals surface area (Å²) in [5, 5.41) is 15.5. The lowest BCUT2D eigenvalue weighted by molar-refractivity contribution is 0.597. The van der Waals surface area contributed by atoms with Crippen molar-refractivity contribution in [1.82, 2.24) is 30.2 Å². The van der Waals surface area contributed by atoms with Gasteiger partial charge >= 0.3 is 0 Å². The fourth-order valence-electron chi connectivity index (χ4n) is 2.86. The van der Waals surface area contributed by atoms with E-state index in [-0.39, 0.29) is 24.0 Å². The number of rotatable bonds is 6. The molecule has 2 aromatic heterocycles. The van der Waals surface area contributed by atoms with Gasteiger partial charge in [0.05, 0.1) is 17.9 Å². The van der Waals surface area contributed by atoms with E-state index in [2.05, 4.69) is 50.9 Å². The van der Waals surface area contributed by atoms with Crippen molar-refractivity contribution in [3.8, 4) is 5.69 Å². The number of aryl methyl sites for hydroxylation is 2. The predicted octanol–water partition coefficient (Wildman–Crippen LogP) is 2.67. The van der Waals surface area contributed by atoms with Gasteiger partial charge in [0.1, 0.15) is 0 Å². The summed E-state index contributed by atoms with van der Waals surface area (Å²) in [5.74, 6) is 0.764. The Bertz CT molecular complexity index is 868. The SMILES string of the molecule is CN=C(NCCn1cccn1)NCc1ccccc1-n1nc(C)cc1C.I. The van der Waals surface area contributed by atoms with Gasteiger partial charge in [0.25, 0.3) is 0 Å². The molecule has 8 heteroatoms. The molecule has 27 heavy (non-hydrogen) atoms. The fraction of sp³-hybridized carbons (Fsp3) is 0.316. The smallest absolute Gasteiger partial charge is 0.191 e. The van der Waals surface area contributed by atoms with Crippen LogP contribution in [0.1, 0.15) is 17.0 Å². The highest BCUT2D eigenvalue weighted by atomic mass is 127. The molecule has 3 aromatic rings. The van der Waals surface area contributed by atoms with Crippen LogP contribution in [0.15, 0.2) is 53.8 Å². The van der Waals surface area contributed by atoms with Crippen LogP contribution in [0.25, 0.3) is 5.69 Å². The number of nitrogens with one attached hydrogen (secondary N) is 2. The number of para-hydroxylation sites is 1. The summed E-state index contributed by atoms with van der Waals surface area (Å²) in [6, 6.07) is 12.3. The lowest BCUT2D eigenvalue weighted by atomic mass is 10.1. The third-order valence-corrected chi connectivity index (χ3v) is 4.09. The van der Waals surface area contributed by atoms with Gasteiger partial charge in [0.15, 0.2) is 5.96 Å². The zero-order valence-corrected chi connectivity index (χ0v) is 18.2. The van der Waals surface area contributed by atoms with E-state index in [9.17, 15) is 0 Å². The first kappa shape index (κ1) is 20.9. The van der Waals surface area contributed by atoms with Gasteiger partial charge in [-0.3, -0.25) is 9.67 Å². The largest absolute Gasteiger partial charge is 0.355 e. The van der Waals surface area contributed by atoms with E-state index < -0.39 is 0 Å². The van der Waals surface area contributed by atoms with Crippen molar-refractivity contribution in [2.75, 3.05) is 13.6 Å². The summed E-state index contributed by atoms with van der Waals surface area (Å²) in [5.41, 5.74) is 4.38. The molecule has 0 atom stereocenters. The van der Waals surface area contributed by atoms with Gasteiger partial charge in [-0.15, -0.1) is 24.0 Å². The summed E-state index contributed by atoms with van der Waals surface area (Å²) in [7, 11) is 1.77. The molecule has 0 saturated heterocycles. The molecule has 0 amide bonds. The molecule has 144 valence electrons. The Hall–Kier alpha value is -2.36. The van der Waals surface area contributed by atoms with Crippen LogP contribution in [0.3, 0.4) is 0 Å². The molecule has 0 fully saturated rings. The topological polar surface area (TPSA) is 72.1 Å².